The molecule has 0 bridgehead atoms. The van der Waals surface area contributed by atoms with Crippen molar-refractivity contribution in [1.82, 2.24) is 4.90 Å². The first kappa shape index (κ1) is 10.1. The molecule has 0 spiro atoms. The highest BCUT2D eigenvalue weighted by Gasteiger charge is 2.29. The third-order valence-electron chi connectivity index (χ3n) is 2.79. The van der Waals surface area contributed by atoms with Crippen LogP contribution in [0.4, 0.5) is 0 Å². The zero-order valence-corrected chi connectivity index (χ0v) is 9.74. The standard InChI is InChI=1S/C11H14BrNO/c1-8(13-6-9(14)7-13)10-4-2-3-5-11(10)12/h2-5,8-9,14H,6-7H2,1H3. The minimum atomic E-state index is -0.125. The summed E-state index contributed by atoms with van der Waals surface area (Å²) in [6.07, 6.45) is -0.125. The molecule has 2 rings (SSSR count). The van der Waals surface area contributed by atoms with Crippen LogP contribution in [0.25, 0.3) is 0 Å². The number of aliphatic hydroxyl groups is 1. The molecule has 76 valence electrons. The molecule has 1 aliphatic heterocycles. The van der Waals surface area contributed by atoms with Crippen LogP contribution in [0.2, 0.25) is 0 Å². The third-order valence-corrected chi connectivity index (χ3v) is 3.52. The van der Waals surface area contributed by atoms with E-state index in [0.717, 1.165) is 17.6 Å². The summed E-state index contributed by atoms with van der Waals surface area (Å²) in [5.74, 6) is 0. The van der Waals surface area contributed by atoms with Crippen molar-refractivity contribution in [3.8, 4) is 0 Å². The molecule has 0 aromatic heterocycles. The maximum Gasteiger partial charge on any atom is 0.0794 e. The van der Waals surface area contributed by atoms with Gasteiger partial charge in [-0.05, 0) is 18.6 Å². The van der Waals surface area contributed by atoms with E-state index in [9.17, 15) is 5.11 Å². The summed E-state index contributed by atoms with van der Waals surface area (Å²) in [6, 6.07) is 8.63. The van der Waals surface area contributed by atoms with E-state index in [4.69, 9.17) is 0 Å². The summed E-state index contributed by atoms with van der Waals surface area (Å²) < 4.78 is 1.15. The van der Waals surface area contributed by atoms with Crippen molar-refractivity contribution in [1.29, 1.82) is 0 Å². The van der Waals surface area contributed by atoms with Gasteiger partial charge in [-0.25, -0.2) is 0 Å². The van der Waals surface area contributed by atoms with Gasteiger partial charge in [-0.1, -0.05) is 34.1 Å². The summed E-state index contributed by atoms with van der Waals surface area (Å²) in [4.78, 5) is 2.27. The van der Waals surface area contributed by atoms with Crippen molar-refractivity contribution >= 4 is 15.9 Å². The van der Waals surface area contributed by atoms with Gasteiger partial charge < -0.3 is 5.11 Å². The van der Waals surface area contributed by atoms with Gasteiger partial charge in [-0.2, -0.15) is 0 Å². The van der Waals surface area contributed by atoms with Gasteiger partial charge in [0.1, 0.15) is 0 Å². The van der Waals surface area contributed by atoms with Gasteiger partial charge in [0.05, 0.1) is 6.10 Å². The van der Waals surface area contributed by atoms with E-state index in [2.05, 4.69) is 39.9 Å². The van der Waals surface area contributed by atoms with Crippen LogP contribution in [0.5, 0.6) is 0 Å². The highest BCUT2D eigenvalue weighted by atomic mass is 79.9. The highest BCUT2D eigenvalue weighted by Crippen LogP contribution is 2.30. The van der Waals surface area contributed by atoms with Crippen LogP contribution in [0.1, 0.15) is 18.5 Å². The predicted octanol–water partition coefficient (Wildman–Crippen LogP) is 2.19. The maximum absolute atomic E-state index is 9.23. The third kappa shape index (κ3) is 1.85. The molecular formula is C11H14BrNO. The SMILES string of the molecule is CC(c1ccccc1Br)N1CC(O)C1. The largest absolute Gasteiger partial charge is 0.390 e. The van der Waals surface area contributed by atoms with Crippen LogP contribution in [0.15, 0.2) is 28.7 Å². The lowest BCUT2D eigenvalue weighted by Crippen LogP contribution is -2.51. The second kappa shape index (κ2) is 4.01. The second-order valence-electron chi connectivity index (χ2n) is 3.81. The molecule has 0 amide bonds. The minimum absolute atomic E-state index is 0.125. The Morgan fingerprint density at radius 2 is 2.07 bits per heavy atom. The second-order valence-corrected chi connectivity index (χ2v) is 4.66. The first-order valence-corrected chi connectivity index (χ1v) is 5.64. The number of likely N-dealkylation sites (tertiary alicyclic amines) is 1. The summed E-state index contributed by atoms with van der Waals surface area (Å²) in [6.45, 7) is 3.76. The van der Waals surface area contributed by atoms with E-state index in [1.54, 1.807) is 0 Å². The number of benzene rings is 1. The predicted molar refractivity (Wildman–Crippen MR) is 60.1 cm³/mol. The number of β-amino-alcohol motifs (C(OH)–C–C–N with tert-alkyl or cyclic N) is 1. The highest BCUT2D eigenvalue weighted by molar-refractivity contribution is 9.10. The Balaban J connectivity index is 2.11. The van der Waals surface area contributed by atoms with Gasteiger partial charge in [-0.3, -0.25) is 4.90 Å². The number of hydrogen-bond acceptors (Lipinski definition) is 2. The Morgan fingerprint density at radius 3 is 2.64 bits per heavy atom. The average molecular weight is 256 g/mol. The Hall–Kier alpha value is -0.380. The average Bonchev–Trinajstić information content (AvgIpc) is 2.13. The Labute approximate surface area is 92.7 Å². The first-order chi connectivity index (χ1) is 6.68. The monoisotopic (exact) mass is 255 g/mol. The van der Waals surface area contributed by atoms with Crippen molar-refractivity contribution in [2.75, 3.05) is 13.1 Å². The van der Waals surface area contributed by atoms with Crippen LogP contribution in [0.3, 0.4) is 0 Å². The molecule has 1 saturated heterocycles. The summed E-state index contributed by atoms with van der Waals surface area (Å²) >= 11 is 3.54. The van der Waals surface area contributed by atoms with Crippen LogP contribution in [0, 0.1) is 0 Å². The molecule has 1 aliphatic rings. The summed E-state index contributed by atoms with van der Waals surface area (Å²) in [5.41, 5.74) is 1.29. The fourth-order valence-corrected chi connectivity index (χ4v) is 2.43. The zero-order chi connectivity index (χ0) is 10.1. The van der Waals surface area contributed by atoms with Crippen molar-refractivity contribution in [2.24, 2.45) is 0 Å². The zero-order valence-electron chi connectivity index (χ0n) is 8.15. The van der Waals surface area contributed by atoms with Gasteiger partial charge in [-0.15, -0.1) is 0 Å². The Bertz CT molecular complexity index is 323. The molecule has 1 atom stereocenters. The lowest BCUT2D eigenvalue weighted by atomic mass is 10.0. The van der Waals surface area contributed by atoms with E-state index >= 15 is 0 Å². The fraction of sp³-hybridized carbons (Fsp3) is 0.455. The molecule has 0 saturated carbocycles. The summed E-state index contributed by atoms with van der Waals surface area (Å²) in [5, 5.41) is 9.23. The normalized spacial score (nSPS) is 20.5. The van der Waals surface area contributed by atoms with E-state index in [1.165, 1.54) is 5.56 Å². The molecule has 14 heavy (non-hydrogen) atoms. The molecule has 1 aromatic carbocycles. The quantitative estimate of drug-likeness (QED) is 0.876. The van der Waals surface area contributed by atoms with Gasteiger partial charge in [0.2, 0.25) is 0 Å². The molecule has 1 heterocycles. The van der Waals surface area contributed by atoms with Crippen molar-refractivity contribution in [3.63, 3.8) is 0 Å². The van der Waals surface area contributed by atoms with Crippen LogP contribution in [-0.2, 0) is 0 Å². The number of halogens is 1. The molecule has 1 unspecified atom stereocenters. The Morgan fingerprint density at radius 1 is 1.43 bits per heavy atom. The van der Waals surface area contributed by atoms with Crippen LogP contribution >= 0.6 is 15.9 Å². The lowest BCUT2D eigenvalue weighted by molar-refractivity contribution is -0.0212. The van der Waals surface area contributed by atoms with E-state index in [0.29, 0.717) is 6.04 Å². The number of hydrogen-bond donors (Lipinski definition) is 1. The van der Waals surface area contributed by atoms with Crippen LogP contribution in [-0.4, -0.2) is 29.2 Å². The van der Waals surface area contributed by atoms with Gasteiger partial charge in [0.15, 0.2) is 0 Å². The van der Waals surface area contributed by atoms with Gasteiger partial charge >= 0.3 is 0 Å². The minimum Gasteiger partial charge on any atom is -0.390 e. The number of nitrogens with zero attached hydrogens (tertiary/aromatic N) is 1. The van der Waals surface area contributed by atoms with Crippen molar-refractivity contribution < 1.29 is 5.11 Å². The van der Waals surface area contributed by atoms with Crippen molar-refractivity contribution in [3.05, 3.63) is 34.3 Å². The molecule has 1 aromatic rings. The van der Waals surface area contributed by atoms with E-state index < -0.39 is 0 Å². The first-order valence-electron chi connectivity index (χ1n) is 4.85. The number of rotatable bonds is 2. The van der Waals surface area contributed by atoms with E-state index in [1.807, 2.05) is 12.1 Å². The lowest BCUT2D eigenvalue weighted by Gasteiger charge is -2.40. The maximum atomic E-state index is 9.23. The molecule has 2 nitrogen and oxygen atoms in total. The van der Waals surface area contributed by atoms with Crippen molar-refractivity contribution in [2.45, 2.75) is 19.1 Å². The fourth-order valence-electron chi connectivity index (χ4n) is 1.81. The summed E-state index contributed by atoms with van der Waals surface area (Å²) in [7, 11) is 0. The smallest absolute Gasteiger partial charge is 0.0794 e. The van der Waals surface area contributed by atoms with E-state index in [-0.39, 0.29) is 6.10 Å². The van der Waals surface area contributed by atoms with Crippen LogP contribution < -0.4 is 0 Å². The van der Waals surface area contributed by atoms with Gasteiger partial charge in [0.25, 0.3) is 0 Å². The number of aliphatic hydroxyl groups excluding tert-OH is 1. The molecule has 0 aliphatic carbocycles. The Kier molecular flexibility index (Phi) is 2.91. The van der Waals surface area contributed by atoms with Gasteiger partial charge in [0, 0.05) is 23.6 Å². The molecule has 1 N–H and O–H groups in total. The molecule has 3 heteroatoms. The topological polar surface area (TPSA) is 23.5 Å². The molecule has 1 fully saturated rings. The molecule has 0 radical (unpaired) electrons. The molecular weight excluding hydrogens is 242 g/mol.